The number of nitrogens with zero attached hydrogens (tertiary/aromatic N) is 4. The van der Waals surface area contributed by atoms with Crippen LogP contribution < -0.4 is 4.90 Å². The van der Waals surface area contributed by atoms with Crippen LogP contribution in [0.4, 0.5) is 27.8 Å². The fourth-order valence-corrected chi connectivity index (χ4v) is 5.87. The first-order chi connectivity index (χ1) is 19.6. The van der Waals surface area contributed by atoms with Gasteiger partial charge in [0.15, 0.2) is 11.6 Å². The molecule has 3 aromatic heterocycles. The molecule has 0 bridgehead atoms. The van der Waals surface area contributed by atoms with Gasteiger partial charge in [-0.1, -0.05) is 43.6 Å². The zero-order chi connectivity index (χ0) is 29.1. The lowest BCUT2D eigenvalue weighted by molar-refractivity contribution is -0.138. The van der Waals surface area contributed by atoms with E-state index in [-0.39, 0.29) is 17.4 Å². The number of alkyl halides is 3. The first-order valence-corrected chi connectivity index (χ1v) is 13.6. The molecule has 4 heterocycles. The molecule has 212 valence electrons. The van der Waals surface area contributed by atoms with Gasteiger partial charge < -0.3 is 9.88 Å². The van der Waals surface area contributed by atoms with Gasteiger partial charge in [0.05, 0.1) is 28.2 Å². The topological polar surface area (TPSA) is 49.7 Å². The van der Waals surface area contributed by atoms with Crippen LogP contribution in [0, 0.1) is 11.6 Å². The molecule has 0 aliphatic carbocycles. The first-order valence-electron chi connectivity index (χ1n) is 13.3. The summed E-state index contributed by atoms with van der Waals surface area (Å²) in [4.78, 5) is 8.46. The average molecular weight is 586 g/mol. The molecular weight excluding hydrogens is 561 g/mol. The van der Waals surface area contributed by atoms with Crippen molar-refractivity contribution in [2.75, 3.05) is 11.4 Å². The predicted octanol–water partition coefficient (Wildman–Crippen LogP) is 8.05. The summed E-state index contributed by atoms with van der Waals surface area (Å²) in [6, 6.07) is 9.71. The van der Waals surface area contributed by atoms with E-state index in [0.717, 1.165) is 40.9 Å². The average Bonchev–Trinajstić information content (AvgIpc) is 3.59. The number of hydrogen-bond donors (Lipinski definition) is 1. The third-order valence-corrected chi connectivity index (χ3v) is 8.02. The quantitative estimate of drug-likeness (QED) is 0.212. The Morgan fingerprint density at radius 1 is 1.02 bits per heavy atom. The minimum absolute atomic E-state index is 0.0328. The Morgan fingerprint density at radius 3 is 2.41 bits per heavy atom. The number of aryl methyl sites for hydroxylation is 2. The van der Waals surface area contributed by atoms with Gasteiger partial charge in [-0.15, -0.1) is 0 Å². The van der Waals surface area contributed by atoms with E-state index in [1.54, 1.807) is 11.1 Å². The van der Waals surface area contributed by atoms with Crippen molar-refractivity contribution in [2.24, 2.45) is 0 Å². The number of benzene rings is 2. The standard InChI is InChI=1S/C30H25ClF5N5/c1-3-16-6-5-7-17(4-2)27(16)41-28(20-13-22(32)25(31)26-19(20)8-10-37-26)21-15-40(11-9-24(21)39-41)29-23(33)12-18(14-38-29)30(34,35)36/h5-8,10,12-14,37H,3-4,9,11,15H2,1-2H3. The molecule has 0 fully saturated rings. The number of aromatic amines is 1. The van der Waals surface area contributed by atoms with Crippen molar-refractivity contribution in [1.82, 2.24) is 19.7 Å². The Kier molecular flexibility index (Phi) is 6.76. The second-order valence-electron chi connectivity index (χ2n) is 10.0. The molecular formula is C30H25ClF5N5. The Balaban J connectivity index is 1.58. The molecule has 0 atom stereocenters. The summed E-state index contributed by atoms with van der Waals surface area (Å²) in [6.07, 6.45) is -0.540. The van der Waals surface area contributed by atoms with Crippen molar-refractivity contribution in [3.8, 4) is 16.9 Å². The minimum atomic E-state index is -4.71. The van der Waals surface area contributed by atoms with Gasteiger partial charge in [0, 0.05) is 48.4 Å². The largest absolute Gasteiger partial charge is 0.417 e. The van der Waals surface area contributed by atoms with Crippen LogP contribution in [0.2, 0.25) is 5.02 Å². The molecule has 0 unspecified atom stereocenters. The summed E-state index contributed by atoms with van der Waals surface area (Å²) < 4.78 is 71.5. The van der Waals surface area contributed by atoms with E-state index in [9.17, 15) is 13.2 Å². The van der Waals surface area contributed by atoms with Crippen molar-refractivity contribution < 1.29 is 22.0 Å². The highest BCUT2D eigenvalue weighted by molar-refractivity contribution is 6.35. The van der Waals surface area contributed by atoms with Gasteiger partial charge in [0.2, 0.25) is 0 Å². The smallest absolute Gasteiger partial charge is 0.360 e. The highest BCUT2D eigenvalue weighted by Gasteiger charge is 2.34. The number of hydrogen-bond acceptors (Lipinski definition) is 3. The lowest BCUT2D eigenvalue weighted by atomic mass is 9.97. The van der Waals surface area contributed by atoms with Crippen molar-refractivity contribution in [3.05, 3.63) is 93.4 Å². The number of anilines is 1. The molecule has 1 aliphatic heterocycles. The van der Waals surface area contributed by atoms with Crippen LogP contribution in [0.5, 0.6) is 0 Å². The molecule has 1 N–H and O–H groups in total. The summed E-state index contributed by atoms with van der Waals surface area (Å²) >= 11 is 6.29. The number of para-hydroxylation sites is 1. The van der Waals surface area contributed by atoms with Crippen LogP contribution in [0.25, 0.3) is 27.8 Å². The van der Waals surface area contributed by atoms with Crippen molar-refractivity contribution in [3.63, 3.8) is 0 Å². The number of H-pyrrole nitrogens is 1. The van der Waals surface area contributed by atoms with Gasteiger partial charge in [-0.2, -0.15) is 18.3 Å². The van der Waals surface area contributed by atoms with Gasteiger partial charge >= 0.3 is 6.18 Å². The molecule has 0 saturated carbocycles. The number of rotatable bonds is 5. The zero-order valence-electron chi connectivity index (χ0n) is 22.2. The monoisotopic (exact) mass is 585 g/mol. The Labute approximate surface area is 237 Å². The zero-order valence-corrected chi connectivity index (χ0v) is 23.0. The summed E-state index contributed by atoms with van der Waals surface area (Å²) in [5.41, 5.74) is 4.91. The molecule has 5 nitrogen and oxygen atoms in total. The van der Waals surface area contributed by atoms with E-state index < -0.39 is 23.4 Å². The van der Waals surface area contributed by atoms with Crippen LogP contribution in [0.3, 0.4) is 0 Å². The van der Waals surface area contributed by atoms with Crippen LogP contribution in [-0.2, 0) is 32.0 Å². The lowest BCUT2D eigenvalue weighted by Crippen LogP contribution is -2.32. The molecule has 0 amide bonds. The van der Waals surface area contributed by atoms with E-state index in [1.807, 2.05) is 28.9 Å². The molecule has 11 heteroatoms. The fraction of sp³-hybridized carbons (Fsp3) is 0.267. The maximum atomic E-state index is 15.2. The summed E-state index contributed by atoms with van der Waals surface area (Å²) in [6.45, 7) is 4.51. The first kappa shape index (κ1) is 27.3. The number of fused-ring (bicyclic) bond motifs is 2. The predicted molar refractivity (Wildman–Crippen MR) is 149 cm³/mol. The Morgan fingerprint density at radius 2 is 1.76 bits per heavy atom. The Bertz CT molecular complexity index is 1770. The van der Waals surface area contributed by atoms with Gasteiger partial charge in [0.1, 0.15) is 10.8 Å². The summed E-state index contributed by atoms with van der Waals surface area (Å²) in [5.74, 6) is -1.85. The number of aromatic nitrogens is 4. The van der Waals surface area contributed by atoms with Crippen molar-refractivity contribution in [2.45, 2.75) is 45.8 Å². The van der Waals surface area contributed by atoms with Crippen LogP contribution in [-0.4, -0.2) is 26.3 Å². The van der Waals surface area contributed by atoms with Gasteiger partial charge in [-0.3, -0.25) is 0 Å². The number of halogens is 6. The van der Waals surface area contributed by atoms with Crippen molar-refractivity contribution >= 4 is 28.3 Å². The van der Waals surface area contributed by atoms with Crippen LogP contribution >= 0.6 is 11.6 Å². The fourth-order valence-electron chi connectivity index (χ4n) is 5.66. The van der Waals surface area contributed by atoms with Gasteiger partial charge in [-0.25, -0.2) is 18.4 Å². The third-order valence-electron chi connectivity index (χ3n) is 7.65. The second kappa shape index (κ2) is 10.2. The third kappa shape index (κ3) is 4.54. The van der Waals surface area contributed by atoms with E-state index >= 15 is 8.78 Å². The number of nitrogens with one attached hydrogen (secondary N) is 1. The number of pyridine rings is 1. The van der Waals surface area contributed by atoms with Crippen molar-refractivity contribution in [1.29, 1.82) is 0 Å². The highest BCUT2D eigenvalue weighted by atomic mass is 35.5. The summed E-state index contributed by atoms with van der Waals surface area (Å²) in [7, 11) is 0. The highest BCUT2D eigenvalue weighted by Crippen LogP contribution is 2.41. The van der Waals surface area contributed by atoms with E-state index in [0.29, 0.717) is 47.4 Å². The minimum Gasteiger partial charge on any atom is -0.360 e. The molecule has 0 saturated heterocycles. The van der Waals surface area contributed by atoms with E-state index in [2.05, 4.69) is 23.8 Å². The maximum absolute atomic E-state index is 15.2. The second-order valence-corrected chi connectivity index (χ2v) is 10.4. The lowest BCUT2D eigenvalue weighted by Gasteiger charge is -2.28. The maximum Gasteiger partial charge on any atom is 0.417 e. The molecule has 5 aromatic rings. The van der Waals surface area contributed by atoms with Crippen LogP contribution in [0.1, 0.15) is 41.8 Å². The molecule has 41 heavy (non-hydrogen) atoms. The van der Waals surface area contributed by atoms with Gasteiger partial charge in [0.25, 0.3) is 0 Å². The molecule has 2 aromatic carbocycles. The summed E-state index contributed by atoms with van der Waals surface area (Å²) in [5, 5.41) is 5.67. The molecule has 0 spiro atoms. The SMILES string of the molecule is CCc1cccc(CC)c1-n1nc2c(c1-c1cc(F)c(Cl)c3[nH]ccc13)CN(c1ncc(C(F)(F)F)cc1F)CC2. The molecule has 0 radical (unpaired) electrons. The Hall–Kier alpha value is -3.92. The normalized spacial score (nSPS) is 13.7. The molecule has 6 rings (SSSR count). The van der Waals surface area contributed by atoms with E-state index in [1.165, 1.54) is 6.07 Å². The van der Waals surface area contributed by atoms with Gasteiger partial charge in [-0.05, 0) is 42.2 Å². The van der Waals surface area contributed by atoms with Crippen LogP contribution in [0.15, 0.2) is 48.8 Å². The van der Waals surface area contributed by atoms with E-state index in [4.69, 9.17) is 16.7 Å². The molecule has 1 aliphatic rings.